The highest BCUT2D eigenvalue weighted by Crippen LogP contribution is 2.27. The molecule has 2 heteroatoms. The molecule has 1 aromatic rings. The van der Waals surface area contributed by atoms with Gasteiger partial charge in [-0.25, -0.2) is 0 Å². The van der Waals surface area contributed by atoms with Crippen LogP contribution < -0.4 is 0 Å². The quantitative estimate of drug-likeness (QED) is 0.553. The predicted octanol–water partition coefficient (Wildman–Crippen LogP) is 4.39. The molecule has 1 nitrogen and oxygen atoms in total. The van der Waals surface area contributed by atoms with Crippen molar-refractivity contribution in [3.05, 3.63) is 53.6 Å². The predicted molar refractivity (Wildman–Crippen MR) is 75.9 cm³/mol. The first-order valence-corrected chi connectivity index (χ1v) is 6.39. The molecule has 0 spiro atoms. The van der Waals surface area contributed by atoms with Crippen molar-refractivity contribution in [2.45, 2.75) is 13.8 Å². The molecule has 0 radical (unpaired) electrons. The molecule has 0 unspecified atom stereocenters. The van der Waals surface area contributed by atoms with Gasteiger partial charge in [0.25, 0.3) is 0 Å². The zero-order chi connectivity index (χ0) is 12.0. The van der Waals surface area contributed by atoms with Crippen molar-refractivity contribution in [1.82, 2.24) is 0 Å². The van der Waals surface area contributed by atoms with Gasteiger partial charge in [0.1, 0.15) is 5.03 Å². The van der Waals surface area contributed by atoms with Gasteiger partial charge in [-0.1, -0.05) is 43.0 Å². The van der Waals surface area contributed by atoms with E-state index in [2.05, 4.69) is 23.7 Å². The van der Waals surface area contributed by atoms with E-state index in [1.165, 1.54) is 0 Å². The summed E-state index contributed by atoms with van der Waals surface area (Å²) in [6, 6.07) is 10.2. The normalized spacial score (nSPS) is 11.7. The highest BCUT2D eigenvalue weighted by Gasteiger charge is 2.04. The second-order valence-corrected chi connectivity index (χ2v) is 4.35. The second-order valence-electron chi connectivity index (χ2n) is 3.55. The van der Waals surface area contributed by atoms with E-state index in [1.54, 1.807) is 11.8 Å². The van der Waals surface area contributed by atoms with Crippen molar-refractivity contribution >= 4 is 23.0 Å². The third kappa shape index (κ3) is 3.38. The first-order chi connectivity index (χ1) is 7.69. The Morgan fingerprint density at radius 2 is 1.88 bits per heavy atom. The van der Waals surface area contributed by atoms with Crippen LogP contribution >= 0.6 is 11.8 Å². The summed E-state index contributed by atoms with van der Waals surface area (Å²) < 4.78 is 0. The van der Waals surface area contributed by atoms with E-state index in [-0.39, 0.29) is 0 Å². The fourth-order valence-corrected chi connectivity index (χ4v) is 2.06. The fraction of sp³-hybridized carbons (Fsp3) is 0.214. The third-order valence-electron chi connectivity index (χ3n) is 2.04. The number of aliphatic imine (C=N–C) groups is 1. The lowest BCUT2D eigenvalue weighted by Crippen LogP contribution is -1.87. The molecule has 0 amide bonds. The molecule has 84 valence electrons. The van der Waals surface area contributed by atoms with Crippen LogP contribution in [0, 0.1) is 0 Å². The molecule has 1 rings (SSSR count). The maximum absolute atomic E-state index is 4.53. The second kappa shape index (κ2) is 6.33. The van der Waals surface area contributed by atoms with E-state index in [9.17, 15) is 0 Å². The van der Waals surface area contributed by atoms with E-state index in [1.807, 2.05) is 44.4 Å². The van der Waals surface area contributed by atoms with E-state index in [0.717, 1.165) is 21.9 Å². The minimum Gasteiger partial charge on any atom is -0.251 e. The molecular formula is C14H17NS. The van der Waals surface area contributed by atoms with Crippen molar-refractivity contribution < 1.29 is 0 Å². The Kier molecular flexibility index (Phi) is 5.06. The average Bonchev–Trinajstić information content (AvgIpc) is 2.29. The molecule has 0 aliphatic carbocycles. The number of allylic oxidation sites excluding steroid dienone is 2. The van der Waals surface area contributed by atoms with Gasteiger partial charge in [-0.15, -0.1) is 11.8 Å². The van der Waals surface area contributed by atoms with Gasteiger partial charge < -0.3 is 0 Å². The van der Waals surface area contributed by atoms with Crippen LogP contribution in [0.3, 0.4) is 0 Å². The van der Waals surface area contributed by atoms with Gasteiger partial charge in [-0.3, -0.25) is 4.99 Å². The van der Waals surface area contributed by atoms with Gasteiger partial charge in [-0.2, -0.15) is 0 Å². The minimum atomic E-state index is 1.02. The van der Waals surface area contributed by atoms with Crippen molar-refractivity contribution in [3.63, 3.8) is 0 Å². The Balaban J connectivity index is 3.27. The number of hydrogen-bond donors (Lipinski definition) is 0. The molecule has 0 aromatic heterocycles. The molecule has 0 bridgehead atoms. The van der Waals surface area contributed by atoms with Crippen molar-refractivity contribution in [2.75, 3.05) is 6.26 Å². The summed E-state index contributed by atoms with van der Waals surface area (Å²) in [4.78, 5) is 4.53. The molecule has 0 saturated heterocycles. The molecule has 0 aliphatic heterocycles. The minimum absolute atomic E-state index is 1.02. The summed E-state index contributed by atoms with van der Waals surface area (Å²) in [6.07, 6.45) is 3.90. The average molecular weight is 231 g/mol. The SMILES string of the molecule is C=C/C(=C(\N=C(C)C)SC)c1ccccc1. The first-order valence-electron chi connectivity index (χ1n) is 5.17. The van der Waals surface area contributed by atoms with Crippen molar-refractivity contribution in [1.29, 1.82) is 0 Å². The molecule has 0 N–H and O–H groups in total. The molecule has 0 heterocycles. The first kappa shape index (κ1) is 12.8. The highest BCUT2D eigenvalue weighted by atomic mass is 32.2. The van der Waals surface area contributed by atoms with E-state index in [4.69, 9.17) is 0 Å². The molecule has 16 heavy (non-hydrogen) atoms. The van der Waals surface area contributed by atoms with Gasteiger partial charge in [-0.05, 0) is 25.7 Å². The smallest absolute Gasteiger partial charge is 0.103 e. The van der Waals surface area contributed by atoms with Gasteiger partial charge in [0.05, 0.1) is 0 Å². The van der Waals surface area contributed by atoms with Gasteiger partial charge in [0.2, 0.25) is 0 Å². The Hall–Kier alpha value is -1.28. The summed E-state index contributed by atoms with van der Waals surface area (Å²) in [6.45, 7) is 7.88. The monoisotopic (exact) mass is 231 g/mol. The summed E-state index contributed by atoms with van der Waals surface area (Å²) in [5, 5.41) is 1.02. The number of benzene rings is 1. The van der Waals surface area contributed by atoms with Gasteiger partial charge in [0, 0.05) is 11.3 Å². The third-order valence-corrected chi connectivity index (χ3v) is 2.74. The van der Waals surface area contributed by atoms with Crippen LogP contribution in [0.15, 0.2) is 53.0 Å². The molecule has 0 atom stereocenters. The number of hydrogen-bond acceptors (Lipinski definition) is 2. The largest absolute Gasteiger partial charge is 0.251 e. The maximum atomic E-state index is 4.53. The molecule has 1 aromatic carbocycles. The van der Waals surface area contributed by atoms with E-state index in [0.29, 0.717) is 0 Å². The van der Waals surface area contributed by atoms with Crippen LogP contribution in [-0.4, -0.2) is 12.0 Å². The lowest BCUT2D eigenvalue weighted by atomic mass is 10.1. The summed E-state index contributed by atoms with van der Waals surface area (Å²) >= 11 is 1.65. The lowest BCUT2D eigenvalue weighted by molar-refractivity contribution is 1.46. The van der Waals surface area contributed by atoms with Crippen LogP contribution in [0.25, 0.3) is 5.57 Å². The number of thioether (sulfide) groups is 1. The zero-order valence-corrected chi connectivity index (χ0v) is 10.8. The number of nitrogens with zero attached hydrogens (tertiary/aromatic N) is 1. The van der Waals surface area contributed by atoms with E-state index < -0.39 is 0 Å². The number of rotatable bonds is 4. The zero-order valence-electron chi connectivity index (χ0n) is 10.0. The topological polar surface area (TPSA) is 12.4 Å². The molecule has 0 fully saturated rings. The van der Waals surface area contributed by atoms with E-state index >= 15 is 0 Å². The Morgan fingerprint density at radius 3 is 2.31 bits per heavy atom. The summed E-state index contributed by atoms with van der Waals surface area (Å²) in [5.74, 6) is 0. The highest BCUT2D eigenvalue weighted by molar-refractivity contribution is 8.02. The standard InChI is InChI=1S/C14H17NS/c1-5-13(12-9-7-6-8-10-12)14(16-4)15-11(2)3/h5-10H,1H2,2-4H3/b14-13-. The van der Waals surface area contributed by atoms with Gasteiger partial charge >= 0.3 is 0 Å². The Morgan fingerprint density at radius 1 is 1.25 bits per heavy atom. The Labute approximate surface area is 102 Å². The van der Waals surface area contributed by atoms with Gasteiger partial charge in [0.15, 0.2) is 0 Å². The summed E-state index contributed by atoms with van der Waals surface area (Å²) in [5.41, 5.74) is 3.31. The summed E-state index contributed by atoms with van der Waals surface area (Å²) in [7, 11) is 0. The van der Waals surface area contributed by atoms with Crippen LogP contribution in [0.4, 0.5) is 0 Å². The van der Waals surface area contributed by atoms with Crippen LogP contribution in [0.2, 0.25) is 0 Å². The molecule has 0 saturated carbocycles. The fourth-order valence-electron chi connectivity index (χ4n) is 1.37. The lowest BCUT2D eigenvalue weighted by Gasteiger charge is -2.07. The van der Waals surface area contributed by atoms with Crippen LogP contribution in [0.1, 0.15) is 19.4 Å². The Bertz CT molecular complexity index is 412. The van der Waals surface area contributed by atoms with Crippen molar-refractivity contribution in [2.24, 2.45) is 4.99 Å². The van der Waals surface area contributed by atoms with Crippen LogP contribution in [-0.2, 0) is 0 Å². The van der Waals surface area contributed by atoms with Crippen LogP contribution in [0.5, 0.6) is 0 Å². The van der Waals surface area contributed by atoms with Crippen molar-refractivity contribution in [3.8, 4) is 0 Å². The molecular weight excluding hydrogens is 214 g/mol. The molecule has 0 aliphatic rings. The maximum Gasteiger partial charge on any atom is 0.103 e.